The zero-order valence-electron chi connectivity index (χ0n) is 11.6. The van der Waals surface area contributed by atoms with Gasteiger partial charge >= 0.3 is 0 Å². The molecular weight excluding hydrogens is 224 g/mol. The zero-order chi connectivity index (χ0) is 13.1. The highest BCUT2D eigenvalue weighted by atomic mass is 16.5. The number of nitrogens with zero attached hydrogens (tertiary/aromatic N) is 1. The fourth-order valence-corrected chi connectivity index (χ4v) is 3.39. The molecule has 2 N–H and O–H groups in total. The molecule has 0 bridgehead atoms. The highest BCUT2D eigenvalue weighted by Crippen LogP contribution is 2.41. The average Bonchev–Trinajstić information content (AvgIpc) is 2.34. The number of ether oxygens (including phenoxy) is 1. The van der Waals surface area contributed by atoms with Crippen molar-refractivity contribution in [2.75, 3.05) is 12.3 Å². The molecule has 3 nitrogen and oxygen atoms in total. The lowest BCUT2D eigenvalue weighted by Gasteiger charge is -2.39. The minimum absolute atomic E-state index is 0.398. The number of rotatable bonds is 3. The standard InChI is InChI=1S/C15H24N2O/c1-4-18-15-10(2)7-12(8-11(15)3)13-5-6-17-9-14(13)16/h5-6,9-12,15H,4,7-8,16H2,1-3H3/t10-,11+,12+,15-. The molecule has 1 fully saturated rings. The molecule has 0 aromatic carbocycles. The summed E-state index contributed by atoms with van der Waals surface area (Å²) in [6, 6.07) is 2.07. The van der Waals surface area contributed by atoms with E-state index in [0.29, 0.717) is 23.9 Å². The molecule has 0 radical (unpaired) electrons. The third-order valence-electron chi connectivity index (χ3n) is 4.12. The Morgan fingerprint density at radius 3 is 2.56 bits per heavy atom. The van der Waals surface area contributed by atoms with E-state index in [1.165, 1.54) is 5.56 Å². The maximum atomic E-state index is 6.04. The van der Waals surface area contributed by atoms with Crippen molar-refractivity contribution < 1.29 is 4.74 Å². The van der Waals surface area contributed by atoms with Gasteiger partial charge in [0.15, 0.2) is 0 Å². The third-order valence-corrected chi connectivity index (χ3v) is 4.12. The molecule has 0 unspecified atom stereocenters. The van der Waals surface area contributed by atoms with Gasteiger partial charge in [-0.15, -0.1) is 0 Å². The quantitative estimate of drug-likeness (QED) is 0.893. The predicted molar refractivity (Wildman–Crippen MR) is 74.4 cm³/mol. The summed E-state index contributed by atoms with van der Waals surface area (Å²) in [5, 5.41) is 0. The van der Waals surface area contributed by atoms with Crippen LogP contribution in [0.3, 0.4) is 0 Å². The Morgan fingerprint density at radius 2 is 2.00 bits per heavy atom. The van der Waals surface area contributed by atoms with Crippen LogP contribution in [0.4, 0.5) is 5.69 Å². The monoisotopic (exact) mass is 248 g/mol. The number of anilines is 1. The first-order valence-electron chi connectivity index (χ1n) is 6.94. The van der Waals surface area contributed by atoms with E-state index in [1.54, 1.807) is 6.20 Å². The molecule has 100 valence electrons. The van der Waals surface area contributed by atoms with Crippen molar-refractivity contribution in [1.29, 1.82) is 0 Å². The largest absolute Gasteiger partial charge is 0.397 e. The second-order valence-corrected chi connectivity index (χ2v) is 5.55. The molecule has 18 heavy (non-hydrogen) atoms. The molecule has 1 heterocycles. The van der Waals surface area contributed by atoms with E-state index >= 15 is 0 Å². The van der Waals surface area contributed by atoms with Gasteiger partial charge in [-0.25, -0.2) is 0 Å². The van der Waals surface area contributed by atoms with Crippen LogP contribution in [-0.4, -0.2) is 17.7 Å². The van der Waals surface area contributed by atoms with E-state index in [9.17, 15) is 0 Å². The molecule has 0 saturated heterocycles. The minimum atomic E-state index is 0.398. The van der Waals surface area contributed by atoms with Crippen LogP contribution in [0.15, 0.2) is 18.5 Å². The molecule has 0 spiro atoms. The van der Waals surface area contributed by atoms with Crippen molar-refractivity contribution in [3.63, 3.8) is 0 Å². The number of aromatic nitrogens is 1. The fourth-order valence-electron chi connectivity index (χ4n) is 3.39. The van der Waals surface area contributed by atoms with E-state index in [4.69, 9.17) is 10.5 Å². The van der Waals surface area contributed by atoms with Crippen molar-refractivity contribution in [2.24, 2.45) is 11.8 Å². The first kappa shape index (κ1) is 13.3. The zero-order valence-corrected chi connectivity index (χ0v) is 11.6. The van der Waals surface area contributed by atoms with Gasteiger partial charge in [0.25, 0.3) is 0 Å². The van der Waals surface area contributed by atoms with Gasteiger partial charge < -0.3 is 10.5 Å². The molecule has 4 atom stereocenters. The topological polar surface area (TPSA) is 48.1 Å². The summed E-state index contributed by atoms with van der Waals surface area (Å²) >= 11 is 0. The summed E-state index contributed by atoms with van der Waals surface area (Å²) in [4.78, 5) is 4.07. The lowest BCUT2D eigenvalue weighted by molar-refractivity contribution is -0.0369. The van der Waals surface area contributed by atoms with Gasteiger partial charge in [0, 0.05) is 12.8 Å². The molecule has 1 aromatic rings. The minimum Gasteiger partial charge on any atom is -0.397 e. The van der Waals surface area contributed by atoms with Crippen molar-refractivity contribution in [1.82, 2.24) is 4.98 Å². The van der Waals surface area contributed by atoms with Gasteiger partial charge in [-0.3, -0.25) is 4.98 Å². The molecule has 1 aliphatic carbocycles. The Morgan fingerprint density at radius 1 is 1.33 bits per heavy atom. The van der Waals surface area contributed by atoms with E-state index in [0.717, 1.165) is 25.1 Å². The average molecular weight is 248 g/mol. The summed E-state index contributed by atoms with van der Waals surface area (Å²) in [6.07, 6.45) is 6.32. The van der Waals surface area contributed by atoms with Crippen LogP contribution in [0.2, 0.25) is 0 Å². The summed E-state index contributed by atoms with van der Waals surface area (Å²) in [5.41, 5.74) is 8.13. The highest BCUT2D eigenvalue weighted by molar-refractivity contribution is 5.46. The van der Waals surface area contributed by atoms with Gasteiger partial charge in [-0.1, -0.05) is 13.8 Å². The van der Waals surface area contributed by atoms with Crippen molar-refractivity contribution in [3.05, 3.63) is 24.0 Å². The Balaban J connectivity index is 2.13. The summed E-state index contributed by atoms with van der Waals surface area (Å²) in [6.45, 7) is 7.47. The normalized spacial score (nSPS) is 32.4. The van der Waals surface area contributed by atoms with Crippen molar-refractivity contribution in [3.8, 4) is 0 Å². The molecule has 1 aliphatic rings. The van der Waals surface area contributed by atoms with E-state index in [2.05, 4.69) is 31.8 Å². The fraction of sp³-hybridized carbons (Fsp3) is 0.667. The predicted octanol–water partition coefficient (Wildman–Crippen LogP) is 3.22. The van der Waals surface area contributed by atoms with Crippen molar-refractivity contribution >= 4 is 5.69 Å². The molecule has 3 heteroatoms. The molecule has 0 aliphatic heterocycles. The van der Waals surface area contributed by atoms with Crippen molar-refractivity contribution in [2.45, 2.75) is 45.6 Å². The van der Waals surface area contributed by atoms with E-state index in [-0.39, 0.29) is 0 Å². The Hall–Kier alpha value is -1.09. The second-order valence-electron chi connectivity index (χ2n) is 5.55. The number of nitrogens with two attached hydrogens (primary N) is 1. The number of hydrogen-bond donors (Lipinski definition) is 1. The lowest BCUT2D eigenvalue weighted by Crippen LogP contribution is -2.36. The van der Waals surface area contributed by atoms with Gasteiger partial charge in [-0.2, -0.15) is 0 Å². The first-order valence-corrected chi connectivity index (χ1v) is 6.94. The van der Waals surface area contributed by atoms with Gasteiger partial charge in [0.1, 0.15) is 0 Å². The first-order chi connectivity index (χ1) is 8.63. The van der Waals surface area contributed by atoms with Crippen LogP contribution in [0.1, 0.15) is 45.1 Å². The number of nitrogen functional groups attached to an aromatic ring is 1. The maximum Gasteiger partial charge on any atom is 0.0626 e. The number of pyridine rings is 1. The Bertz CT molecular complexity index is 382. The molecule has 2 rings (SSSR count). The van der Waals surface area contributed by atoms with Gasteiger partial charge in [0.2, 0.25) is 0 Å². The van der Waals surface area contributed by atoms with E-state index in [1.807, 2.05) is 6.20 Å². The third kappa shape index (κ3) is 2.66. The molecule has 1 saturated carbocycles. The summed E-state index contributed by atoms with van der Waals surface area (Å²) < 4.78 is 5.88. The lowest BCUT2D eigenvalue weighted by atomic mass is 9.72. The second kappa shape index (κ2) is 5.70. The molecule has 1 aromatic heterocycles. The van der Waals surface area contributed by atoms with Crippen LogP contribution in [0.5, 0.6) is 0 Å². The number of hydrogen-bond acceptors (Lipinski definition) is 3. The van der Waals surface area contributed by atoms with Crippen LogP contribution in [-0.2, 0) is 4.74 Å². The Kier molecular flexibility index (Phi) is 4.23. The van der Waals surface area contributed by atoms with Crippen LogP contribution < -0.4 is 5.73 Å². The Labute approximate surface area is 110 Å². The smallest absolute Gasteiger partial charge is 0.0626 e. The van der Waals surface area contributed by atoms with Crippen LogP contribution in [0, 0.1) is 11.8 Å². The van der Waals surface area contributed by atoms with Gasteiger partial charge in [0.05, 0.1) is 18.0 Å². The SMILES string of the molecule is CCO[C@@H]1[C@H](C)C[C@H](c2ccncc2N)C[C@@H]1C. The highest BCUT2D eigenvalue weighted by Gasteiger charge is 2.34. The van der Waals surface area contributed by atoms with E-state index < -0.39 is 0 Å². The summed E-state index contributed by atoms with van der Waals surface area (Å²) in [7, 11) is 0. The van der Waals surface area contributed by atoms with Gasteiger partial charge in [-0.05, 0) is 49.1 Å². The van der Waals surface area contributed by atoms with Crippen LogP contribution >= 0.6 is 0 Å². The summed E-state index contributed by atoms with van der Waals surface area (Å²) in [5.74, 6) is 1.73. The molecule has 0 amide bonds. The van der Waals surface area contributed by atoms with Crippen LogP contribution in [0.25, 0.3) is 0 Å². The maximum absolute atomic E-state index is 6.04. The molecular formula is C15H24N2O.